The molecule has 0 radical (unpaired) electrons. The third kappa shape index (κ3) is 2.12. The number of carbonyl (C=O) groups excluding carboxylic acids is 1. The van der Waals surface area contributed by atoms with Crippen LogP contribution in [-0.4, -0.2) is 12.6 Å². The van der Waals surface area contributed by atoms with Gasteiger partial charge < -0.3 is 9.15 Å². The summed E-state index contributed by atoms with van der Waals surface area (Å²) in [6, 6.07) is 5.67. The van der Waals surface area contributed by atoms with Crippen molar-refractivity contribution >= 4 is 28.5 Å². The molecule has 0 saturated heterocycles. The summed E-state index contributed by atoms with van der Waals surface area (Å²) in [5, 5.41) is 1.72. The first kappa shape index (κ1) is 12.5. The number of esters is 1. The maximum Gasteiger partial charge on any atom is 0.309 e. The largest absolute Gasteiger partial charge is 0.466 e. The van der Waals surface area contributed by atoms with Crippen molar-refractivity contribution in [3.63, 3.8) is 0 Å². The second kappa shape index (κ2) is 4.89. The zero-order chi connectivity index (χ0) is 13.4. The minimum atomic E-state index is -0.125. The average Bonchev–Trinajstić information content (AvgIpc) is 2.77. The van der Waals surface area contributed by atoms with Crippen LogP contribution in [-0.2, 0) is 22.4 Å². The number of furan rings is 1. The van der Waals surface area contributed by atoms with E-state index in [4.69, 9.17) is 20.8 Å². The summed E-state index contributed by atoms with van der Waals surface area (Å²) in [6.45, 7) is 2.25. The van der Waals surface area contributed by atoms with Crippen LogP contribution in [0.1, 0.15) is 24.7 Å². The van der Waals surface area contributed by atoms with Gasteiger partial charge in [-0.15, -0.1) is 0 Å². The molecule has 0 amide bonds. The molecule has 0 bridgehead atoms. The predicted octanol–water partition coefficient (Wildman–Crippen LogP) is 3.75. The highest BCUT2D eigenvalue weighted by atomic mass is 35.5. The lowest BCUT2D eigenvalue weighted by atomic mass is 9.87. The van der Waals surface area contributed by atoms with Gasteiger partial charge in [-0.1, -0.05) is 17.7 Å². The van der Waals surface area contributed by atoms with Gasteiger partial charge >= 0.3 is 5.97 Å². The van der Waals surface area contributed by atoms with Crippen molar-refractivity contribution in [1.82, 2.24) is 0 Å². The summed E-state index contributed by atoms with van der Waals surface area (Å²) in [5.74, 6) is 0.666. The number of fused-ring (bicyclic) bond motifs is 3. The first-order chi connectivity index (χ1) is 9.20. The smallest absolute Gasteiger partial charge is 0.309 e. The Morgan fingerprint density at radius 1 is 1.53 bits per heavy atom. The molecule has 1 atom stereocenters. The number of hydrogen-bond donors (Lipinski definition) is 0. The van der Waals surface area contributed by atoms with Crippen LogP contribution in [0, 0.1) is 5.92 Å². The molecule has 3 nitrogen and oxygen atoms in total. The van der Waals surface area contributed by atoms with Crippen molar-refractivity contribution in [2.45, 2.75) is 26.2 Å². The maximum absolute atomic E-state index is 11.8. The van der Waals surface area contributed by atoms with Gasteiger partial charge in [0.25, 0.3) is 0 Å². The summed E-state index contributed by atoms with van der Waals surface area (Å²) < 4.78 is 10.9. The van der Waals surface area contributed by atoms with Gasteiger partial charge in [0.2, 0.25) is 0 Å². The molecule has 0 spiro atoms. The number of benzene rings is 1. The normalized spacial score (nSPS) is 18.3. The first-order valence-electron chi connectivity index (χ1n) is 6.56. The van der Waals surface area contributed by atoms with Crippen LogP contribution in [0.25, 0.3) is 11.0 Å². The van der Waals surface area contributed by atoms with E-state index in [1.165, 1.54) is 0 Å². The molecule has 0 fully saturated rings. The summed E-state index contributed by atoms with van der Waals surface area (Å²) in [7, 11) is 0. The fourth-order valence-electron chi connectivity index (χ4n) is 2.75. The van der Waals surface area contributed by atoms with E-state index in [-0.39, 0.29) is 11.9 Å². The van der Waals surface area contributed by atoms with Crippen LogP contribution in [0.15, 0.2) is 22.6 Å². The molecule has 2 aromatic rings. The SMILES string of the molecule is CCOC(=O)C1CCc2c(oc3cccc(Cl)c23)C1. The highest BCUT2D eigenvalue weighted by Crippen LogP contribution is 2.37. The van der Waals surface area contributed by atoms with Crippen molar-refractivity contribution in [2.75, 3.05) is 6.61 Å². The van der Waals surface area contributed by atoms with Crippen LogP contribution < -0.4 is 0 Å². The topological polar surface area (TPSA) is 39.4 Å². The van der Waals surface area contributed by atoms with Gasteiger partial charge in [-0.25, -0.2) is 0 Å². The Morgan fingerprint density at radius 3 is 3.16 bits per heavy atom. The first-order valence-corrected chi connectivity index (χ1v) is 6.94. The van der Waals surface area contributed by atoms with Crippen LogP contribution >= 0.6 is 11.6 Å². The van der Waals surface area contributed by atoms with Gasteiger partial charge in [-0.05, 0) is 31.9 Å². The van der Waals surface area contributed by atoms with Crippen molar-refractivity contribution in [2.24, 2.45) is 5.92 Å². The number of hydrogen-bond acceptors (Lipinski definition) is 3. The zero-order valence-corrected chi connectivity index (χ0v) is 11.5. The standard InChI is InChI=1S/C15H15ClO3/c1-2-18-15(17)9-6-7-10-13(8-9)19-12-5-3-4-11(16)14(10)12/h3-5,9H,2,6-8H2,1H3. The fourth-order valence-corrected chi connectivity index (χ4v) is 3.03. The van der Waals surface area contributed by atoms with Crippen LogP contribution in [0.2, 0.25) is 5.02 Å². The third-order valence-electron chi connectivity index (χ3n) is 3.64. The second-order valence-corrected chi connectivity index (χ2v) is 5.22. The quantitative estimate of drug-likeness (QED) is 0.785. The highest BCUT2D eigenvalue weighted by molar-refractivity contribution is 6.35. The molecule has 1 unspecified atom stereocenters. The Hall–Kier alpha value is -1.48. The summed E-state index contributed by atoms with van der Waals surface area (Å²) in [6.07, 6.45) is 2.22. The number of ether oxygens (including phenoxy) is 1. The second-order valence-electron chi connectivity index (χ2n) is 4.81. The van der Waals surface area contributed by atoms with E-state index < -0.39 is 0 Å². The van der Waals surface area contributed by atoms with E-state index in [1.54, 1.807) is 0 Å². The summed E-state index contributed by atoms with van der Waals surface area (Å²) in [5.41, 5.74) is 1.96. The summed E-state index contributed by atoms with van der Waals surface area (Å²) in [4.78, 5) is 11.8. The Balaban J connectivity index is 1.96. The highest BCUT2D eigenvalue weighted by Gasteiger charge is 2.30. The monoisotopic (exact) mass is 278 g/mol. The molecule has 0 saturated carbocycles. The Morgan fingerprint density at radius 2 is 2.37 bits per heavy atom. The van der Waals surface area contributed by atoms with Gasteiger partial charge in [0.15, 0.2) is 0 Å². The van der Waals surface area contributed by atoms with Gasteiger partial charge in [-0.3, -0.25) is 4.79 Å². The molecule has 0 aliphatic heterocycles. The molecular formula is C15H15ClO3. The number of rotatable bonds is 2. The Kier molecular flexibility index (Phi) is 3.23. The molecule has 1 aliphatic rings. The predicted molar refractivity (Wildman–Crippen MR) is 73.4 cm³/mol. The lowest BCUT2D eigenvalue weighted by molar-refractivity contribution is -0.148. The van der Waals surface area contributed by atoms with E-state index in [0.717, 1.165) is 40.2 Å². The molecule has 3 rings (SSSR count). The molecule has 1 aromatic heterocycles. The van der Waals surface area contributed by atoms with Gasteiger partial charge in [0.05, 0.1) is 17.5 Å². The molecule has 0 N–H and O–H groups in total. The van der Waals surface area contributed by atoms with E-state index in [0.29, 0.717) is 13.0 Å². The average molecular weight is 279 g/mol. The summed E-state index contributed by atoms with van der Waals surface area (Å²) >= 11 is 6.23. The van der Waals surface area contributed by atoms with Crippen LogP contribution in [0.3, 0.4) is 0 Å². The van der Waals surface area contributed by atoms with Crippen molar-refractivity contribution < 1.29 is 13.9 Å². The molecule has 1 aliphatic carbocycles. The van der Waals surface area contributed by atoms with Crippen molar-refractivity contribution in [3.05, 3.63) is 34.5 Å². The number of halogens is 1. The lowest BCUT2D eigenvalue weighted by Gasteiger charge is -2.19. The van der Waals surface area contributed by atoms with E-state index in [2.05, 4.69) is 0 Å². The van der Waals surface area contributed by atoms with E-state index in [9.17, 15) is 4.79 Å². The lowest BCUT2D eigenvalue weighted by Crippen LogP contribution is -2.24. The van der Waals surface area contributed by atoms with Gasteiger partial charge in [0, 0.05) is 17.4 Å². The van der Waals surface area contributed by atoms with Gasteiger partial charge in [0.1, 0.15) is 11.3 Å². The Labute approximate surface area is 116 Å². The number of aryl methyl sites for hydroxylation is 1. The fraction of sp³-hybridized carbons (Fsp3) is 0.400. The van der Waals surface area contributed by atoms with Crippen molar-refractivity contribution in [3.8, 4) is 0 Å². The number of carbonyl (C=O) groups is 1. The van der Waals surface area contributed by atoms with E-state index in [1.807, 2.05) is 25.1 Å². The van der Waals surface area contributed by atoms with Crippen molar-refractivity contribution in [1.29, 1.82) is 0 Å². The van der Waals surface area contributed by atoms with E-state index >= 15 is 0 Å². The molecule has 19 heavy (non-hydrogen) atoms. The Bertz CT molecular complexity index is 630. The minimum Gasteiger partial charge on any atom is -0.466 e. The molecule has 100 valence electrons. The van der Waals surface area contributed by atoms with Crippen LogP contribution in [0.5, 0.6) is 0 Å². The zero-order valence-electron chi connectivity index (χ0n) is 10.7. The molecule has 4 heteroatoms. The van der Waals surface area contributed by atoms with Crippen LogP contribution in [0.4, 0.5) is 0 Å². The van der Waals surface area contributed by atoms with Gasteiger partial charge in [-0.2, -0.15) is 0 Å². The third-order valence-corrected chi connectivity index (χ3v) is 3.96. The minimum absolute atomic E-state index is 0.0909. The maximum atomic E-state index is 11.8. The molecule has 1 aromatic carbocycles. The molecular weight excluding hydrogens is 264 g/mol. The molecule has 1 heterocycles.